The molecule has 3 atom stereocenters. The zero-order chi connectivity index (χ0) is 17.8. The van der Waals surface area contributed by atoms with Crippen molar-refractivity contribution in [3.63, 3.8) is 0 Å². The molecular weight excluding hydrogens is 304 g/mol. The molecule has 0 radical (unpaired) electrons. The van der Waals surface area contributed by atoms with Crippen molar-refractivity contribution in [2.75, 3.05) is 0 Å². The number of hydrogen-bond acceptors (Lipinski definition) is 1. The molecule has 2 nitrogen and oxygen atoms in total. The maximum Gasteiger partial charge on any atom is 0.113 e. The third kappa shape index (κ3) is 3.63. The molecule has 0 amide bonds. The van der Waals surface area contributed by atoms with Crippen LogP contribution in [-0.2, 0) is 6.42 Å². The van der Waals surface area contributed by atoms with E-state index in [-0.39, 0.29) is 0 Å². The largest absolute Gasteiger partial charge is 0.307 e. The van der Waals surface area contributed by atoms with Crippen molar-refractivity contribution < 1.29 is 0 Å². The summed E-state index contributed by atoms with van der Waals surface area (Å²) in [4.78, 5) is 5.02. The van der Waals surface area contributed by atoms with E-state index in [4.69, 9.17) is 4.98 Å². The number of aromatic nitrogens is 2. The minimum Gasteiger partial charge on any atom is -0.307 e. The summed E-state index contributed by atoms with van der Waals surface area (Å²) in [6, 6.07) is 0. The minimum absolute atomic E-state index is 0.463. The van der Waals surface area contributed by atoms with Gasteiger partial charge in [-0.05, 0) is 31.3 Å². The first-order valence-electron chi connectivity index (χ1n) is 9.62. The Morgan fingerprint density at radius 1 is 1.36 bits per heavy atom. The third-order valence-electron chi connectivity index (χ3n) is 5.17. The fourth-order valence-corrected chi connectivity index (χ4v) is 3.64. The van der Waals surface area contributed by atoms with E-state index < -0.39 is 0 Å². The molecule has 0 aromatic carbocycles. The van der Waals surface area contributed by atoms with E-state index in [0.29, 0.717) is 17.8 Å². The Kier molecular flexibility index (Phi) is 5.57. The van der Waals surface area contributed by atoms with Gasteiger partial charge in [0, 0.05) is 24.5 Å². The lowest BCUT2D eigenvalue weighted by Crippen LogP contribution is -2.22. The number of unbranched alkanes of at least 4 members (excludes halogenated alkanes) is 1. The van der Waals surface area contributed by atoms with Crippen molar-refractivity contribution in [1.29, 1.82) is 0 Å². The van der Waals surface area contributed by atoms with E-state index in [1.807, 2.05) is 0 Å². The van der Waals surface area contributed by atoms with Gasteiger partial charge in [0.2, 0.25) is 0 Å². The van der Waals surface area contributed by atoms with E-state index in [2.05, 4.69) is 80.6 Å². The van der Waals surface area contributed by atoms with Gasteiger partial charge in [-0.15, -0.1) is 0 Å². The van der Waals surface area contributed by atoms with Gasteiger partial charge in [0.05, 0.1) is 11.4 Å². The summed E-state index contributed by atoms with van der Waals surface area (Å²) in [6.45, 7) is 10.9. The average Bonchev–Trinajstić information content (AvgIpc) is 2.91. The lowest BCUT2D eigenvalue weighted by atomic mass is 9.77. The zero-order valence-corrected chi connectivity index (χ0v) is 15.8. The van der Waals surface area contributed by atoms with E-state index in [1.165, 1.54) is 11.5 Å². The number of nitrogens with zero attached hydrogens (tertiary/aromatic N) is 2. The van der Waals surface area contributed by atoms with Gasteiger partial charge in [0.1, 0.15) is 5.82 Å². The Bertz CT molecular complexity index is 742. The van der Waals surface area contributed by atoms with Crippen molar-refractivity contribution in [2.24, 2.45) is 11.8 Å². The van der Waals surface area contributed by atoms with Crippen LogP contribution in [0.2, 0.25) is 0 Å². The molecule has 2 heteroatoms. The fraction of sp³-hybridized carbons (Fsp3) is 0.435. The van der Waals surface area contributed by atoms with Crippen LogP contribution in [0.4, 0.5) is 0 Å². The first-order chi connectivity index (χ1) is 12.2. The van der Waals surface area contributed by atoms with Crippen LogP contribution in [0.5, 0.6) is 0 Å². The Hall–Kier alpha value is -2.09. The average molecular weight is 335 g/mol. The van der Waals surface area contributed by atoms with E-state index in [1.54, 1.807) is 0 Å². The predicted octanol–water partition coefficient (Wildman–Crippen LogP) is 6.15. The topological polar surface area (TPSA) is 17.8 Å². The molecule has 0 saturated carbocycles. The van der Waals surface area contributed by atoms with Crippen LogP contribution < -0.4 is 0 Å². The molecule has 1 aliphatic carbocycles. The number of rotatable bonds is 8. The molecule has 0 spiro atoms. The van der Waals surface area contributed by atoms with Crippen LogP contribution >= 0.6 is 0 Å². The quantitative estimate of drug-likeness (QED) is 0.412. The molecule has 2 heterocycles. The van der Waals surface area contributed by atoms with Gasteiger partial charge in [-0.25, -0.2) is 4.98 Å². The van der Waals surface area contributed by atoms with Gasteiger partial charge in [-0.3, -0.25) is 0 Å². The van der Waals surface area contributed by atoms with Gasteiger partial charge in [-0.1, -0.05) is 69.4 Å². The summed E-state index contributed by atoms with van der Waals surface area (Å²) < 4.78 is 2.32. The molecule has 0 fully saturated rings. The second-order valence-corrected chi connectivity index (χ2v) is 7.22. The molecule has 1 aromatic heterocycles. The molecule has 1 aliphatic heterocycles. The van der Waals surface area contributed by atoms with Gasteiger partial charge >= 0.3 is 0 Å². The van der Waals surface area contributed by atoms with Crippen LogP contribution in [-0.4, -0.2) is 9.55 Å². The second-order valence-electron chi connectivity index (χ2n) is 7.22. The molecule has 0 bridgehead atoms. The molecule has 3 rings (SSSR count). The van der Waals surface area contributed by atoms with Crippen molar-refractivity contribution in [3.8, 4) is 0 Å². The molecule has 0 N–H and O–H groups in total. The van der Waals surface area contributed by atoms with Crippen molar-refractivity contribution in [1.82, 2.24) is 9.55 Å². The zero-order valence-electron chi connectivity index (χ0n) is 15.8. The number of fused-ring (bicyclic) bond motifs is 3. The molecule has 0 saturated heterocycles. The van der Waals surface area contributed by atoms with E-state index in [0.717, 1.165) is 37.0 Å². The lowest BCUT2D eigenvalue weighted by Gasteiger charge is -2.32. The number of aryl methyl sites for hydroxylation is 1. The molecular formula is C23H30N2. The molecule has 1 aromatic rings. The summed E-state index contributed by atoms with van der Waals surface area (Å²) in [5.41, 5.74) is 3.46. The summed E-state index contributed by atoms with van der Waals surface area (Å²) in [5, 5.41) is 0. The highest BCUT2D eigenvalue weighted by molar-refractivity contribution is 5.73. The summed E-state index contributed by atoms with van der Waals surface area (Å²) in [6.07, 6.45) is 22.3. The van der Waals surface area contributed by atoms with Gasteiger partial charge in [-0.2, -0.15) is 0 Å². The standard InChI is InChI=1S/C23H30N2/c1-5-7-8-10-18(4)22-23-20-13-12-19(20)15-16-25(23)21(24-22)14-11-17(3)9-6-2/h6,8-10,12-13,15-17,19-20H,4-5,7,11,14H2,1-3H3/b9-6-,10-8-/t17?,19-,20?/m0/s1. The van der Waals surface area contributed by atoms with Crippen LogP contribution in [0.3, 0.4) is 0 Å². The second kappa shape index (κ2) is 7.86. The Morgan fingerprint density at radius 2 is 2.20 bits per heavy atom. The number of imidazole rings is 1. The third-order valence-corrected chi connectivity index (χ3v) is 5.17. The highest BCUT2D eigenvalue weighted by atomic mass is 15.1. The predicted molar refractivity (Wildman–Crippen MR) is 108 cm³/mol. The van der Waals surface area contributed by atoms with Gasteiger partial charge in [0.15, 0.2) is 0 Å². The molecule has 25 heavy (non-hydrogen) atoms. The summed E-state index contributed by atoms with van der Waals surface area (Å²) in [5.74, 6) is 2.75. The van der Waals surface area contributed by atoms with Crippen molar-refractivity contribution in [2.45, 2.75) is 52.4 Å². The van der Waals surface area contributed by atoms with E-state index >= 15 is 0 Å². The Morgan fingerprint density at radius 3 is 2.88 bits per heavy atom. The van der Waals surface area contributed by atoms with Gasteiger partial charge < -0.3 is 4.57 Å². The Labute approximate surface area is 152 Å². The summed E-state index contributed by atoms with van der Waals surface area (Å²) in [7, 11) is 0. The van der Waals surface area contributed by atoms with Crippen LogP contribution in [0, 0.1) is 11.8 Å². The summed E-state index contributed by atoms with van der Waals surface area (Å²) >= 11 is 0. The van der Waals surface area contributed by atoms with Crippen LogP contribution in [0.1, 0.15) is 63.2 Å². The van der Waals surface area contributed by atoms with E-state index in [9.17, 15) is 0 Å². The smallest absolute Gasteiger partial charge is 0.113 e. The van der Waals surface area contributed by atoms with Crippen LogP contribution in [0.25, 0.3) is 11.8 Å². The maximum absolute atomic E-state index is 5.02. The first kappa shape index (κ1) is 17.7. The molecule has 2 aliphatic rings. The first-order valence-corrected chi connectivity index (χ1v) is 9.62. The highest BCUT2D eigenvalue weighted by Gasteiger charge is 2.33. The Balaban J connectivity index is 1.89. The SMILES string of the molecule is C=C(/C=C\CCC)c1nc(CCC(C)/C=C\C)n2c1C1C=C[C@H]1C=C2. The number of hydrogen-bond donors (Lipinski definition) is 0. The van der Waals surface area contributed by atoms with Gasteiger partial charge in [0.25, 0.3) is 0 Å². The molecule has 2 unspecified atom stereocenters. The molecule has 132 valence electrons. The minimum atomic E-state index is 0.463. The normalized spacial score (nSPS) is 22.2. The lowest BCUT2D eigenvalue weighted by molar-refractivity contribution is 0.585. The monoisotopic (exact) mass is 334 g/mol. The maximum atomic E-state index is 5.02. The fourth-order valence-electron chi connectivity index (χ4n) is 3.64. The highest BCUT2D eigenvalue weighted by Crippen LogP contribution is 2.43. The number of allylic oxidation sites excluding steroid dienone is 8. The van der Waals surface area contributed by atoms with Crippen LogP contribution in [0.15, 0.2) is 49.1 Å². The van der Waals surface area contributed by atoms with Crippen molar-refractivity contribution >= 4 is 11.8 Å². The van der Waals surface area contributed by atoms with Crippen molar-refractivity contribution in [3.05, 3.63) is 66.3 Å².